The smallest absolute Gasteiger partial charge is 0.170 e. The first kappa shape index (κ1) is 23.4. The fourth-order valence-corrected chi connectivity index (χ4v) is 2.72. The minimum absolute atomic E-state index is 0.149. The lowest BCUT2D eigenvalue weighted by Gasteiger charge is -2.12. The van der Waals surface area contributed by atoms with E-state index in [9.17, 15) is 15.3 Å². The molecule has 0 fully saturated rings. The summed E-state index contributed by atoms with van der Waals surface area (Å²) in [5.74, 6) is -0.577. The molecule has 15 nitrogen and oxygen atoms in total. The molecule has 0 saturated heterocycles. The van der Waals surface area contributed by atoms with Crippen molar-refractivity contribution < 1.29 is 15.3 Å². The Bertz CT molecular complexity index is 1270. The van der Waals surface area contributed by atoms with Gasteiger partial charge in [-0.3, -0.25) is 0 Å². The Morgan fingerprint density at radius 3 is 0.972 bits per heavy atom. The molecule has 0 saturated carbocycles. The molecule has 0 amide bonds. The van der Waals surface area contributed by atoms with E-state index < -0.39 is 17.2 Å². The third-order valence-corrected chi connectivity index (χ3v) is 4.48. The number of aromatic nitrogens is 6. The molecule has 180 valence electrons. The summed E-state index contributed by atoms with van der Waals surface area (Å²) in [5, 5.41) is 32.5. The molecule has 0 bridgehead atoms. The van der Waals surface area contributed by atoms with Gasteiger partial charge in [-0.1, -0.05) is 0 Å². The zero-order chi connectivity index (χ0) is 25.7. The number of benzene rings is 1. The Hall–Kier alpha value is -5.73. The van der Waals surface area contributed by atoms with Crippen LogP contribution in [0.4, 0.5) is 34.9 Å². The van der Waals surface area contributed by atoms with Crippen LogP contribution in [0.1, 0.15) is 16.7 Å². The maximum atomic E-state index is 10.8. The molecule has 4 aromatic rings. The van der Waals surface area contributed by atoms with E-state index in [-0.39, 0.29) is 51.6 Å². The molecular formula is C21H18N12O3. The van der Waals surface area contributed by atoms with Gasteiger partial charge in [-0.2, -0.15) is 0 Å². The van der Waals surface area contributed by atoms with Crippen molar-refractivity contribution in [3.05, 3.63) is 53.9 Å². The SMILES string of the molecule is Nc1cnc(N=Cc2c(O)c(C=Nc3cnc(N)cn3)c(O)c(C=Nc3cnc(N)cn3)c2O)cn1. The highest BCUT2D eigenvalue weighted by atomic mass is 16.3. The number of nitrogens with zero attached hydrogens (tertiary/aromatic N) is 9. The van der Waals surface area contributed by atoms with E-state index in [0.29, 0.717) is 0 Å². The van der Waals surface area contributed by atoms with Crippen LogP contribution in [-0.2, 0) is 0 Å². The molecule has 9 N–H and O–H groups in total. The molecule has 0 spiro atoms. The predicted octanol–water partition coefficient (Wildman–Crippen LogP) is 1.17. The third-order valence-electron chi connectivity index (χ3n) is 4.48. The maximum Gasteiger partial charge on any atom is 0.170 e. The third kappa shape index (κ3) is 5.25. The van der Waals surface area contributed by atoms with Crippen molar-refractivity contribution in [1.82, 2.24) is 29.9 Å². The van der Waals surface area contributed by atoms with Crippen molar-refractivity contribution in [2.75, 3.05) is 17.2 Å². The molecule has 36 heavy (non-hydrogen) atoms. The van der Waals surface area contributed by atoms with Crippen LogP contribution in [0.3, 0.4) is 0 Å². The standard InChI is InChI=1S/C21H18N12O3/c22-13-4-31-16(7-25-13)28-1-10-19(34)11(2-29-17-8-26-14(23)5-32-17)21(36)12(20(10)35)3-30-18-9-27-15(24)6-33-18/h1-9,34-36H,(H2,22,25)(H2,23,26)(H2,24,27). The molecule has 0 radical (unpaired) electrons. The average molecular weight is 486 g/mol. The van der Waals surface area contributed by atoms with Gasteiger partial charge >= 0.3 is 0 Å². The van der Waals surface area contributed by atoms with Crippen LogP contribution in [0.5, 0.6) is 17.2 Å². The predicted molar refractivity (Wildman–Crippen MR) is 133 cm³/mol. The number of hydrogen-bond donors (Lipinski definition) is 6. The highest BCUT2D eigenvalue weighted by Gasteiger charge is 2.21. The number of phenols is 3. The highest BCUT2D eigenvalue weighted by Crippen LogP contribution is 2.40. The Labute approximate surface area is 202 Å². The topological polar surface area (TPSA) is 253 Å². The molecule has 0 atom stereocenters. The van der Waals surface area contributed by atoms with Gasteiger partial charge < -0.3 is 32.5 Å². The van der Waals surface area contributed by atoms with Crippen molar-refractivity contribution >= 4 is 53.6 Å². The van der Waals surface area contributed by atoms with Crippen molar-refractivity contribution in [3.63, 3.8) is 0 Å². The summed E-state index contributed by atoms with van der Waals surface area (Å²) in [7, 11) is 0. The quantitative estimate of drug-likeness (QED) is 0.210. The molecular weight excluding hydrogens is 468 g/mol. The van der Waals surface area contributed by atoms with Gasteiger partial charge in [0.2, 0.25) is 0 Å². The van der Waals surface area contributed by atoms with Crippen LogP contribution in [0, 0.1) is 0 Å². The molecule has 1 aromatic carbocycles. The summed E-state index contributed by atoms with van der Waals surface area (Å²) < 4.78 is 0. The number of aromatic hydroxyl groups is 3. The lowest BCUT2D eigenvalue weighted by atomic mass is 10.0. The molecule has 4 rings (SSSR count). The summed E-state index contributed by atoms with van der Waals surface area (Å²) in [5.41, 5.74) is 16.1. The number of nitrogen functional groups attached to an aromatic ring is 3. The summed E-state index contributed by atoms with van der Waals surface area (Å²) >= 11 is 0. The Balaban J connectivity index is 1.81. The largest absolute Gasteiger partial charge is 0.506 e. The van der Waals surface area contributed by atoms with Gasteiger partial charge in [0.15, 0.2) is 17.5 Å². The van der Waals surface area contributed by atoms with Crippen LogP contribution in [0.25, 0.3) is 0 Å². The van der Waals surface area contributed by atoms with Crippen LogP contribution in [0.2, 0.25) is 0 Å². The number of hydrogen-bond acceptors (Lipinski definition) is 15. The van der Waals surface area contributed by atoms with Crippen LogP contribution < -0.4 is 17.2 Å². The molecule has 0 aliphatic carbocycles. The zero-order valence-corrected chi connectivity index (χ0v) is 18.3. The van der Waals surface area contributed by atoms with E-state index >= 15 is 0 Å². The van der Waals surface area contributed by atoms with Crippen molar-refractivity contribution in [1.29, 1.82) is 0 Å². The minimum Gasteiger partial charge on any atom is -0.506 e. The van der Waals surface area contributed by atoms with E-state index in [4.69, 9.17) is 17.2 Å². The number of nitrogens with two attached hydrogens (primary N) is 3. The summed E-state index contributed by atoms with van der Waals surface area (Å²) in [6.45, 7) is 0. The maximum absolute atomic E-state index is 10.8. The van der Waals surface area contributed by atoms with E-state index in [0.717, 1.165) is 18.6 Å². The highest BCUT2D eigenvalue weighted by molar-refractivity contribution is 6.04. The van der Waals surface area contributed by atoms with E-state index in [1.165, 1.54) is 37.2 Å². The Morgan fingerprint density at radius 2 is 0.750 bits per heavy atom. The van der Waals surface area contributed by atoms with Gasteiger partial charge in [0.25, 0.3) is 0 Å². The fraction of sp³-hybridized carbons (Fsp3) is 0. The van der Waals surface area contributed by atoms with Gasteiger partial charge in [0.05, 0.1) is 53.9 Å². The molecule has 3 aromatic heterocycles. The van der Waals surface area contributed by atoms with Crippen molar-refractivity contribution in [2.45, 2.75) is 0 Å². The second kappa shape index (κ2) is 10.0. The first-order chi connectivity index (χ1) is 17.3. The Morgan fingerprint density at radius 1 is 0.472 bits per heavy atom. The van der Waals surface area contributed by atoms with Crippen LogP contribution >= 0.6 is 0 Å². The second-order valence-corrected chi connectivity index (χ2v) is 6.96. The molecule has 15 heteroatoms. The van der Waals surface area contributed by atoms with Crippen molar-refractivity contribution in [2.24, 2.45) is 15.0 Å². The number of rotatable bonds is 6. The van der Waals surface area contributed by atoms with Gasteiger partial charge in [-0.15, -0.1) is 0 Å². The average Bonchev–Trinajstić information content (AvgIpc) is 2.87. The number of anilines is 3. The summed E-state index contributed by atoms with van der Waals surface area (Å²) in [4.78, 5) is 35.8. The lowest BCUT2D eigenvalue weighted by molar-refractivity contribution is 0.425. The number of phenolic OH excluding ortho intramolecular Hbond substituents is 3. The van der Waals surface area contributed by atoms with E-state index in [1.807, 2.05) is 0 Å². The lowest BCUT2D eigenvalue weighted by Crippen LogP contribution is -1.98. The first-order valence-electron chi connectivity index (χ1n) is 9.97. The van der Waals surface area contributed by atoms with Crippen LogP contribution in [0.15, 0.2) is 52.2 Å². The molecule has 0 aliphatic rings. The van der Waals surface area contributed by atoms with Gasteiger partial charge in [0.1, 0.15) is 34.7 Å². The van der Waals surface area contributed by atoms with Crippen LogP contribution in [-0.4, -0.2) is 63.9 Å². The zero-order valence-electron chi connectivity index (χ0n) is 18.3. The van der Waals surface area contributed by atoms with Crippen molar-refractivity contribution in [3.8, 4) is 17.2 Å². The number of aliphatic imine (C=N–C) groups is 3. The minimum atomic E-state index is -0.534. The molecule has 3 heterocycles. The summed E-state index contributed by atoms with van der Waals surface area (Å²) in [6.07, 6.45) is 11.2. The second-order valence-electron chi connectivity index (χ2n) is 6.96. The molecule has 0 unspecified atom stereocenters. The normalized spacial score (nSPS) is 11.7. The Kier molecular flexibility index (Phi) is 6.53. The molecule has 0 aliphatic heterocycles. The van der Waals surface area contributed by atoms with Gasteiger partial charge in [0, 0.05) is 18.6 Å². The van der Waals surface area contributed by atoms with Gasteiger partial charge in [-0.25, -0.2) is 44.9 Å². The van der Waals surface area contributed by atoms with E-state index in [1.54, 1.807) is 0 Å². The van der Waals surface area contributed by atoms with Gasteiger partial charge in [-0.05, 0) is 0 Å². The fourth-order valence-electron chi connectivity index (χ4n) is 2.72. The van der Waals surface area contributed by atoms with E-state index in [2.05, 4.69) is 44.9 Å². The monoisotopic (exact) mass is 486 g/mol. The summed E-state index contributed by atoms with van der Waals surface area (Å²) in [6, 6.07) is 0. The first-order valence-corrected chi connectivity index (χ1v) is 9.97.